The molecular formula is C18H16. The van der Waals surface area contributed by atoms with Crippen molar-refractivity contribution in [2.75, 3.05) is 0 Å². The van der Waals surface area contributed by atoms with Gasteiger partial charge in [0.05, 0.1) is 0 Å². The van der Waals surface area contributed by atoms with Crippen LogP contribution in [-0.4, -0.2) is 0 Å². The summed E-state index contributed by atoms with van der Waals surface area (Å²) in [5.74, 6) is 0.587. The van der Waals surface area contributed by atoms with Gasteiger partial charge in [-0.05, 0) is 47.1 Å². The molecule has 18 heavy (non-hydrogen) atoms. The van der Waals surface area contributed by atoms with Crippen molar-refractivity contribution < 1.29 is 0 Å². The van der Waals surface area contributed by atoms with Crippen LogP contribution in [0.3, 0.4) is 0 Å². The van der Waals surface area contributed by atoms with Crippen molar-refractivity contribution in [3.63, 3.8) is 0 Å². The number of benzene rings is 2. The summed E-state index contributed by atoms with van der Waals surface area (Å²) in [6.45, 7) is 0. The highest BCUT2D eigenvalue weighted by Crippen LogP contribution is 2.48. The molecule has 1 unspecified atom stereocenters. The number of fused-ring (bicyclic) bond motifs is 3. The molecule has 0 aliphatic heterocycles. The van der Waals surface area contributed by atoms with E-state index in [2.05, 4.69) is 54.6 Å². The summed E-state index contributed by atoms with van der Waals surface area (Å²) >= 11 is 0. The zero-order valence-electron chi connectivity index (χ0n) is 10.4. The van der Waals surface area contributed by atoms with E-state index in [9.17, 15) is 0 Å². The van der Waals surface area contributed by atoms with Crippen LogP contribution in [0.4, 0.5) is 0 Å². The predicted octanol–water partition coefficient (Wildman–Crippen LogP) is 4.69. The molecule has 0 radical (unpaired) electrons. The van der Waals surface area contributed by atoms with Gasteiger partial charge in [-0.3, -0.25) is 0 Å². The van der Waals surface area contributed by atoms with Crippen LogP contribution < -0.4 is 0 Å². The van der Waals surface area contributed by atoms with Crippen LogP contribution in [0.5, 0.6) is 0 Å². The van der Waals surface area contributed by atoms with Crippen molar-refractivity contribution in [3.05, 3.63) is 71.3 Å². The number of allylic oxidation sites excluding steroid dienone is 2. The molecule has 2 aliphatic carbocycles. The Morgan fingerprint density at radius 2 is 1.72 bits per heavy atom. The highest BCUT2D eigenvalue weighted by molar-refractivity contribution is 5.80. The van der Waals surface area contributed by atoms with Crippen LogP contribution in [0.2, 0.25) is 0 Å². The SMILES string of the molecule is C1=C\CC2c3ccccc3-c3cccc(c32)CC/1. The minimum absolute atomic E-state index is 0.587. The topological polar surface area (TPSA) is 0 Å². The van der Waals surface area contributed by atoms with Gasteiger partial charge in [0.1, 0.15) is 0 Å². The Kier molecular flexibility index (Phi) is 2.16. The molecule has 0 fully saturated rings. The van der Waals surface area contributed by atoms with Gasteiger partial charge in [-0.1, -0.05) is 54.6 Å². The molecule has 0 amide bonds. The first kappa shape index (κ1) is 10.1. The molecular weight excluding hydrogens is 216 g/mol. The van der Waals surface area contributed by atoms with Crippen LogP contribution in [0.1, 0.15) is 35.4 Å². The zero-order chi connectivity index (χ0) is 11.9. The van der Waals surface area contributed by atoms with Gasteiger partial charge in [0.2, 0.25) is 0 Å². The number of hydrogen-bond donors (Lipinski definition) is 0. The van der Waals surface area contributed by atoms with Gasteiger partial charge in [0.25, 0.3) is 0 Å². The van der Waals surface area contributed by atoms with Crippen molar-refractivity contribution in [1.82, 2.24) is 0 Å². The lowest BCUT2D eigenvalue weighted by atomic mass is 9.87. The summed E-state index contributed by atoms with van der Waals surface area (Å²) in [6, 6.07) is 15.7. The molecule has 0 saturated heterocycles. The second kappa shape index (κ2) is 3.84. The highest BCUT2D eigenvalue weighted by atomic mass is 14.3. The molecule has 2 aliphatic rings. The number of rotatable bonds is 0. The summed E-state index contributed by atoms with van der Waals surface area (Å²) in [5, 5.41) is 0. The lowest BCUT2D eigenvalue weighted by molar-refractivity contribution is 0.808. The van der Waals surface area contributed by atoms with E-state index >= 15 is 0 Å². The maximum Gasteiger partial charge on any atom is 0.0139 e. The van der Waals surface area contributed by atoms with E-state index in [1.165, 1.54) is 29.5 Å². The molecule has 0 aromatic heterocycles. The normalized spacial score (nSPS) is 21.7. The van der Waals surface area contributed by atoms with E-state index in [4.69, 9.17) is 0 Å². The molecule has 2 aromatic carbocycles. The summed E-state index contributed by atoms with van der Waals surface area (Å²) in [7, 11) is 0. The Hall–Kier alpha value is -1.82. The van der Waals surface area contributed by atoms with Crippen LogP contribution in [0.25, 0.3) is 11.1 Å². The monoisotopic (exact) mass is 232 g/mol. The molecule has 0 bridgehead atoms. The van der Waals surface area contributed by atoms with Crippen molar-refractivity contribution in [2.45, 2.75) is 25.2 Å². The highest BCUT2D eigenvalue weighted by Gasteiger charge is 2.29. The van der Waals surface area contributed by atoms with E-state index in [0.717, 1.165) is 6.42 Å². The lowest BCUT2D eigenvalue weighted by Gasteiger charge is -2.17. The van der Waals surface area contributed by atoms with Gasteiger partial charge in [0.15, 0.2) is 0 Å². The van der Waals surface area contributed by atoms with Gasteiger partial charge < -0.3 is 0 Å². The average molecular weight is 232 g/mol. The largest absolute Gasteiger partial charge is 0.0882 e. The molecule has 0 N–H and O–H groups in total. The molecule has 0 nitrogen and oxygen atoms in total. The second-order valence-corrected chi connectivity index (χ2v) is 5.26. The smallest absolute Gasteiger partial charge is 0.0139 e. The first-order valence-electron chi connectivity index (χ1n) is 6.81. The van der Waals surface area contributed by atoms with E-state index in [1.54, 1.807) is 11.1 Å². The fraction of sp³-hybridized carbons (Fsp3) is 0.222. The number of hydrogen-bond acceptors (Lipinski definition) is 0. The molecule has 0 saturated carbocycles. The van der Waals surface area contributed by atoms with E-state index in [1.807, 2.05) is 0 Å². The Morgan fingerprint density at radius 3 is 2.72 bits per heavy atom. The predicted molar refractivity (Wildman–Crippen MR) is 75.8 cm³/mol. The molecule has 2 aromatic rings. The third-order valence-electron chi connectivity index (χ3n) is 4.29. The van der Waals surface area contributed by atoms with Crippen LogP contribution >= 0.6 is 0 Å². The summed E-state index contributed by atoms with van der Waals surface area (Å²) in [5.41, 5.74) is 7.60. The average Bonchev–Trinajstić information content (AvgIpc) is 2.70. The fourth-order valence-electron chi connectivity index (χ4n) is 3.51. The molecule has 0 heteroatoms. The zero-order valence-corrected chi connectivity index (χ0v) is 10.4. The van der Waals surface area contributed by atoms with Crippen LogP contribution in [0.15, 0.2) is 54.6 Å². The van der Waals surface area contributed by atoms with Crippen molar-refractivity contribution in [2.24, 2.45) is 0 Å². The van der Waals surface area contributed by atoms with E-state index in [0.29, 0.717) is 5.92 Å². The Labute approximate surface area is 108 Å². The first-order valence-corrected chi connectivity index (χ1v) is 6.81. The third kappa shape index (κ3) is 1.32. The van der Waals surface area contributed by atoms with Gasteiger partial charge in [0, 0.05) is 5.92 Å². The molecule has 88 valence electrons. The maximum atomic E-state index is 2.37. The first-order chi connectivity index (χ1) is 8.95. The minimum atomic E-state index is 0.587. The van der Waals surface area contributed by atoms with Gasteiger partial charge in [-0.15, -0.1) is 0 Å². The Balaban J connectivity index is 2.03. The molecule has 4 rings (SSSR count). The summed E-state index contributed by atoms with van der Waals surface area (Å²) < 4.78 is 0. The van der Waals surface area contributed by atoms with Gasteiger partial charge in [-0.25, -0.2) is 0 Å². The number of aryl methyl sites for hydroxylation is 1. The standard InChI is InChI=1S/C18H16/c1-2-7-13-8-6-12-17-15-10-5-4-9-14(15)16(11-3-1)18(13)17/h1,3-6,8-10,12,16H,2,7,11H2/b3-1-. The maximum absolute atomic E-state index is 2.37. The Morgan fingerprint density at radius 1 is 0.833 bits per heavy atom. The van der Waals surface area contributed by atoms with Crippen molar-refractivity contribution in [1.29, 1.82) is 0 Å². The fourth-order valence-corrected chi connectivity index (χ4v) is 3.51. The van der Waals surface area contributed by atoms with Crippen LogP contribution in [0, 0.1) is 0 Å². The van der Waals surface area contributed by atoms with E-state index in [-0.39, 0.29) is 0 Å². The second-order valence-electron chi connectivity index (χ2n) is 5.26. The lowest BCUT2D eigenvalue weighted by Crippen LogP contribution is -2.02. The van der Waals surface area contributed by atoms with E-state index < -0.39 is 0 Å². The molecule has 0 heterocycles. The molecule has 1 atom stereocenters. The minimum Gasteiger partial charge on any atom is -0.0882 e. The quantitative estimate of drug-likeness (QED) is 0.578. The summed E-state index contributed by atoms with van der Waals surface area (Å²) in [4.78, 5) is 0. The van der Waals surface area contributed by atoms with Crippen molar-refractivity contribution >= 4 is 0 Å². The van der Waals surface area contributed by atoms with Crippen molar-refractivity contribution in [3.8, 4) is 11.1 Å². The Bertz CT molecular complexity index is 634. The van der Waals surface area contributed by atoms with Crippen LogP contribution in [-0.2, 0) is 6.42 Å². The molecule has 0 spiro atoms. The summed E-state index contributed by atoms with van der Waals surface area (Å²) in [6.07, 6.45) is 8.23. The third-order valence-corrected chi connectivity index (χ3v) is 4.29. The van der Waals surface area contributed by atoms with Gasteiger partial charge in [-0.2, -0.15) is 0 Å². The van der Waals surface area contributed by atoms with Gasteiger partial charge >= 0.3 is 0 Å².